The highest BCUT2D eigenvalue weighted by Crippen LogP contribution is 2.32. The summed E-state index contributed by atoms with van der Waals surface area (Å²) in [4.78, 5) is 29.2. The Labute approximate surface area is 164 Å². The Bertz CT molecular complexity index is 720. The molecule has 0 aliphatic carbocycles. The fraction of sp³-hybridized carbons (Fsp3) is 0.450. The Balaban J connectivity index is 1.60. The molecule has 0 N–H and O–H groups in total. The molecule has 2 fully saturated rings. The second-order valence-electron chi connectivity index (χ2n) is 6.79. The number of carbonyl (C=O) groups is 2. The topological polar surface area (TPSA) is 40.6 Å². The molecule has 0 bridgehead atoms. The van der Waals surface area contributed by atoms with Gasteiger partial charge >= 0.3 is 0 Å². The van der Waals surface area contributed by atoms with Crippen molar-refractivity contribution in [3.05, 3.63) is 40.3 Å². The number of rotatable bonds is 4. The van der Waals surface area contributed by atoms with Crippen LogP contribution in [0.1, 0.15) is 43.2 Å². The molecule has 138 valence electrons. The molecule has 1 aromatic rings. The molecule has 2 aliphatic rings. The van der Waals surface area contributed by atoms with E-state index in [1.807, 2.05) is 42.2 Å². The summed E-state index contributed by atoms with van der Waals surface area (Å²) in [7, 11) is 0. The smallest absolute Gasteiger partial charge is 0.266 e. The van der Waals surface area contributed by atoms with Crippen LogP contribution in [0.4, 0.5) is 0 Å². The van der Waals surface area contributed by atoms with E-state index in [2.05, 4.69) is 0 Å². The van der Waals surface area contributed by atoms with Crippen LogP contribution in [0.25, 0.3) is 6.08 Å². The highest BCUT2D eigenvalue weighted by atomic mass is 32.2. The van der Waals surface area contributed by atoms with E-state index in [-0.39, 0.29) is 11.8 Å². The Morgan fingerprint density at radius 1 is 1.15 bits per heavy atom. The lowest BCUT2D eigenvalue weighted by Gasteiger charge is -2.22. The molecule has 4 nitrogen and oxygen atoms in total. The Kier molecular flexibility index (Phi) is 6.48. The molecule has 0 atom stereocenters. The van der Waals surface area contributed by atoms with E-state index in [0.717, 1.165) is 31.5 Å². The van der Waals surface area contributed by atoms with Gasteiger partial charge in [0.1, 0.15) is 4.32 Å². The lowest BCUT2D eigenvalue weighted by atomic mass is 10.1. The van der Waals surface area contributed by atoms with Gasteiger partial charge in [-0.25, -0.2) is 0 Å². The second kappa shape index (κ2) is 8.82. The Morgan fingerprint density at radius 3 is 2.46 bits per heavy atom. The van der Waals surface area contributed by atoms with Crippen molar-refractivity contribution in [3.8, 4) is 0 Å². The molecule has 2 aliphatic heterocycles. The standard InChI is InChI=1S/C20H24N2O2S2/c1-15-6-8-16(9-7-15)14-17-19(24)22(20(25)26-17)13-10-18(23)21-11-4-2-3-5-12-21/h6-9,14H,2-5,10-13H2,1H3/b17-14+. The summed E-state index contributed by atoms with van der Waals surface area (Å²) in [6.07, 6.45) is 6.75. The first-order valence-corrected chi connectivity index (χ1v) is 10.4. The van der Waals surface area contributed by atoms with Crippen molar-refractivity contribution in [2.24, 2.45) is 0 Å². The minimum absolute atomic E-state index is 0.0933. The third-order valence-electron chi connectivity index (χ3n) is 4.76. The number of hydrogen-bond donors (Lipinski definition) is 0. The molecule has 0 saturated carbocycles. The third kappa shape index (κ3) is 4.74. The van der Waals surface area contributed by atoms with Gasteiger partial charge in [-0.3, -0.25) is 14.5 Å². The molecule has 2 amide bonds. The van der Waals surface area contributed by atoms with Crippen LogP contribution in [0, 0.1) is 6.92 Å². The second-order valence-corrected chi connectivity index (χ2v) is 8.46. The van der Waals surface area contributed by atoms with Gasteiger partial charge in [-0.05, 0) is 31.4 Å². The molecule has 0 radical (unpaired) electrons. The van der Waals surface area contributed by atoms with Gasteiger partial charge in [-0.2, -0.15) is 0 Å². The van der Waals surface area contributed by atoms with Crippen molar-refractivity contribution in [1.29, 1.82) is 0 Å². The van der Waals surface area contributed by atoms with E-state index in [1.54, 1.807) is 4.90 Å². The number of nitrogens with zero attached hydrogens (tertiary/aromatic N) is 2. The maximum atomic E-state index is 12.7. The average Bonchev–Trinajstić information content (AvgIpc) is 2.83. The van der Waals surface area contributed by atoms with E-state index < -0.39 is 0 Å². The predicted octanol–water partition coefficient (Wildman–Crippen LogP) is 3.99. The molecule has 2 saturated heterocycles. The minimum atomic E-state index is -0.0933. The molecule has 1 aromatic carbocycles. The first-order chi connectivity index (χ1) is 12.5. The van der Waals surface area contributed by atoms with E-state index in [0.29, 0.717) is 22.2 Å². The Morgan fingerprint density at radius 2 is 1.81 bits per heavy atom. The van der Waals surface area contributed by atoms with Crippen LogP contribution in [0.3, 0.4) is 0 Å². The van der Waals surface area contributed by atoms with Gasteiger partial charge in [-0.15, -0.1) is 0 Å². The fourth-order valence-electron chi connectivity index (χ4n) is 3.19. The van der Waals surface area contributed by atoms with Crippen molar-refractivity contribution in [2.75, 3.05) is 19.6 Å². The molecular weight excluding hydrogens is 364 g/mol. The fourth-order valence-corrected chi connectivity index (χ4v) is 4.50. The van der Waals surface area contributed by atoms with E-state index in [4.69, 9.17) is 12.2 Å². The van der Waals surface area contributed by atoms with Crippen LogP contribution in [-0.4, -0.2) is 45.6 Å². The number of carbonyl (C=O) groups excluding carboxylic acids is 2. The summed E-state index contributed by atoms with van der Waals surface area (Å²) in [5, 5.41) is 0. The molecular formula is C20H24N2O2S2. The van der Waals surface area contributed by atoms with Gasteiger partial charge in [-0.1, -0.05) is 66.7 Å². The zero-order chi connectivity index (χ0) is 18.5. The van der Waals surface area contributed by atoms with Crippen LogP contribution >= 0.6 is 24.0 Å². The molecule has 2 heterocycles. The highest BCUT2D eigenvalue weighted by molar-refractivity contribution is 8.26. The number of aryl methyl sites for hydroxylation is 1. The zero-order valence-electron chi connectivity index (χ0n) is 15.1. The first-order valence-electron chi connectivity index (χ1n) is 9.14. The lowest BCUT2D eigenvalue weighted by Crippen LogP contribution is -2.36. The molecule has 26 heavy (non-hydrogen) atoms. The summed E-state index contributed by atoms with van der Waals surface area (Å²) in [5.41, 5.74) is 2.17. The van der Waals surface area contributed by atoms with Crippen LogP contribution < -0.4 is 0 Å². The van der Waals surface area contributed by atoms with Crippen LogP contribution in [0.2, 0.25) is 0 Å². The number of likely N-dealkylation sites (tertiary alicyclic amines) is 1. The number of thioether (sulfide) groups is 1. The zero-order valence-corrected chi connectivity index (χ0v) is 16.7. The average molecular weight is 389 g/mol. The van der Waals surface area contributed by atoms with E-state index in [1.165, 1.54) is 30.2 Å². The van der Waals surface area contributed by atoms with E-state index >= 15 is 0 Å². The van der Waals surface area contributed by atoms with Gasteiger partial charge in [0.25, 0.3) is 5.91 Å². The van der Waals surface area contributed by atoms with Crippen molar-refractivity contribution in [3.63, 3.8) is 0 Å². The largest absolute Gasteiger partial charge is 0.343 e. The van der Waals surface area contributed by atoms with Crippen molar-refractivity contribution in [1.82, 2.24) is 9.80 Å². The number of amides is 2. The summed E-state index contributed by atoms with van der Waals surface area (Å²) in [5.74, 6) is 0.0349. The van der Waals surface area contributed by atoms with Crippen molar-refractivity contribution >= 4 is 46.2 Å². The maximum absolute atomic E-state index is 12.7. The quantitative estimate of drug-likeness (QED) is 0.578. The summed E-state index contributed by atoms with van der Waals surface area (Å²) in [6.45, 7) is 4.07. The maximum Gasteiger partial charge on any atom is 0.266 e. The molecule has 0 aromatic heterocycles. The SMILES string of the molecule is Cc1ccc(/C=C2/SC(=S)N(CCC(=O)N3CCCCCC3)C2=O)cc1. The van der Waals surface area contributed by atoms with E-state index in [9.17, 15) is 9.59 Å². The summed E-state index contributed by atoms with van der Waals surface area (Å²) in [6, 6.07) is 8.02. The van der Waals surface area contributed by atoms with Gasteiger partial charge < -0.3 is 4.90 Å². The minimum Gasteiger partial charge on any atom is -0.343 e. The molecule has 6 heteroatoms. The molecule has 0 spiro atoms. The Hall–Kier alpha value is -1.66. The molecule has 0 unspecified atom stereocenters. The summed E-state index contributed by atoms with van der Waals surface area (Å²) >= 11 is 6.68. The predicted molar refractivity (Wildman–Crippen MR) is 111 cm³/mol. The van der Waals surface area contributed by atoms with Gasteiger partial charge in [0.15, 0.2) is 0 Å². The monoisotopic (exact) mass is 388 g/mol. The van der Waals surface area contributed by atoms with Crippen LogP contribution in [0.5, 0.6) is 0 Å². The summed E-state index contributed by atoms with van der Waals surface area (Å²) < 4.78 is 0.539. The lowest BCUT2D eigenvalue weighted by molar-refractivity contribution is -0.131. The number of benzene rings is 1. The van der Waals surface area contributed by atoms with Crippen LogP contribution in [0.15, 0.2) is 29.2 Å². The van der Waals surface area contributed by atoms with Gasteiger partial charge in [0.2, 0.25) is 5.91 Å². The first kappa shape index (κ1) is 19.1. The normalized spacial score (nSPS) is 20.0. The molecule has 3 rings (SSSR count). The van der Waals surface area contributed by atoms with Crippen LogP contribution in [-0.2, 0) is 9.59 Å². The van der Waals surface area contributed by atoms with Gasteiger partial charge in [0.05, 0.1) is 4.91 Å². The number of hydrogen-bond acceptors (Lipinski definition) is 4. The van der Waals surface area contributed by atoms with Gasteiger partial charge in [0, 0.05) is 26.1 Å². The van der Waals surface area contributed by atoms with Crippen molar-refractivity contribution < 1.29 is 9.59 Å². The third-order valence-corrected chi connectivity index (χ3v) is 6.13. The van der Waals surface area contributed by atoms with Crippen molar-refractivity contribution in [2.45, 2.75) is 39.0 Å². The number of thiocarbonyl (C=S) groups is 1. The highest BCUT2D eigenvalue weighted by Gasteiger charge is 2.32.